The molecule has 0 aliphatic heterocycles. The van der Waals surface area contributed by atoms with Crippen LogP contribution < -0.4 is 10.6 Å². The van der Waals surface area contributed by atoms with Crippen molar-refractivity contribution in [1.29, 1.82) is 0 Å². The van der Waals surface area contributed by atoms with Crippen LogP contribution in [0.5, 0.6) is 0 Å². The van der Waals surface area contributed by atoms with E-state index in [2.05, 4.69) is 17.2 Å². The summed E-state index contributed by atoms with van der Waals surface area (Å²) in [5.41, 5.74) is 0.478. The number of halogens is 1. The number of hydrogen-bond acceptors (Lipinski definition) is 2. The van der Waals surface area contributed by atoms with Crippen molar-refractivity contribution in [3.8, 4) is 0 Å². The van der Waals surface area contributed by atoms with Gasteiger partial charge >= 0.3 is 0 Å². The molecule has 0 aliphatic rings. The van der Waals surface area contributed by atoms with Crippen molar-refractivity contribution in [3.63, 3.8) is 0 Å². The highest BCUT2D eigenvalue weighted by atomic mass is 19.1. The molecule has 17 heavy (non-hydrogen) atoms. The lowest BCUT2D eigenvalue weighted by Gasteiger charge is -2.12. The zero-order valence-corrected chi connectivity index (χ0v) is 9.87. The van der Waals surface area contributed by atoms with Crippen LogP contribution >= 0.6 is 0 Å². The van der Waals surface area contributed by atoms with Crippen LogP contribution in [0.15, 0.2) is 36.9 Å². The van der Waals surface area contributed by atoms with Crippen LogP contribution in [0.2, 0.25) is 0 Å². The molecule has 0 bridgehead atoms. The number of carbonyl (C=O) groups is 1. The van der Waals surface area contributed by atoms with Gasteiger partial charge in [-0.25, -0.2) is 4.39 Å². The molecular formula is C13H17FN2O. The fourth-order valence-electron chi connectivity index (χ4n) is 1.41. The Labute approximate surface area is 101 Å². The predicted molar refractivity (Wildman–Crippen MR) is 67.3 cm³/mol. The van der Waals surface area contributed by atoms with E-state index >= 15 is 0 Å². The molecule has 1 atom stereocenters. The lowest BCUT2D eigenvalue weighted by Crippen LogP contribution is -2.30. The average molecular weight is 236 g/mol. The Morgan fingerprint density at radius 2 is 2.35 bits per heavy atom. The topological polar surface area (TPSA) is 41.1 Å². The van der Waals surface area contributed by atoms with Gasteiger partial charge in [-0.3, -0.25) is 4.79 Å². The molecule has 0 aliphatic carbocycles. The van der Waals surface area contributed by atoms with Crippen LogP contribution in [0.3, 0.4) is 0 Å². The minimum atomic E-state index is -0.361. The first-order valence-electron chi connectivity index (χ1n) is 5.51. The summed E-state index contributed by atoms with van der Waals surface area (Å²) in [6.45, 7) is 6.16. The summed E-state index contributed by atoms with van der Waals surface area (Å²) >= 11 is 0. The van der Waals surface area contributed by atoms with Crippen LogP contribution in [0.25, 0.3) is 0 Å². The standard InChI is InChI=1S/C13H17FN2O/c1-3-7-15-10(2)8-13(17)16-12-6-4-5-11(14)9-12/h3-6,9-10,15H,1,7-8H2,2H3,(H,16,17)/t10-/m1/s1. The number of carbonyl (C=O) groups excluding carboxylic acids is 1. The number of nitrogens with one attached hydrogen (secondary N) is 2. The molecule has 1 amide bonds. The average Bonchev–Trinajstić information content (AvgIpc) is 2.26. The zero-order chi connectivity index (χ0) is 12.7. The molecule has 3 nitrogen and oxygen atoms in total. The van der Waals surface area contributed by atoms with E-state index in [0.717, 1.165) is 0 Å². The van der Waals surface area contributed by atoms with Gasteiger partial charge in [0.25, 0.3) is 0 Å². The van der Waals surface area contributed by atoms with Gasteiger partial charge in [-0.15, -0.1) is 6.58 Å². The van der Waals surface area contributed by atoms with Crippen molar-refractivity contribution in [2.24, 2.45) is 0 Å². The van der Waals surface area contributed by atoms with E-state index in [0.29, 0.717) is 18.7 Å². The first-order valence-corrected chi connectivity index (χ1v) is 5.51. The summed E-state index contributed by atoms with van der Waals surface area (Å²) in [7, 11) is 0. The second-order valence-corrected chi connectivity index (χ2v) is 3.86. The van der Waals surface area contributed by atoms with Gasteiger partial charge in [-0.2, -0.15) is 0 Å². The van der Waals surface area contributed by atoms with Crippen LogP contribution in [0, 0.1) is 5.82 Å². The molecule has 0 heterocycles. The zero-order valence-electron chi connectivity index (χ0n) is 9.87. The molecule has 1 aromatic rings. The summed E-state index contributed by atoms with van der Waals surface area (Å²) in [5.74, 6) is -0.500. The number of hydrogen-bond donors (Lipinski definition) is 2. The summed E-state index contributed by atoms with van der Waals surface area (Å²) in [6.07, 6.45) is 2.07. The maximum absolute atomic E-state index is 12.9. The van der Waals surface area contributed by atoms with Crippen molar-refractivity contribution in [3.05, 3.63) is 42.7 Å². The van der Waals surface area contributed by atoms with E-state index in [9.17, 15) is 9.18 Å². The Bertz CT molecular complexity index is 393. The molecule has 1 aromatic carbocycles. The third-order valence-electron chi connectivity index (χ3n) is 2.21. The molecule has 92 valence electrons. The molecule has 0 saturated carbocycles. The lowest BCUT2D eigenvalue weighted by molar-refractivity contribution is -0.116. The highest BCUT2D eigenvalue weighted by Gasteiger charge is 2.08. The third kappa shape index (κ3) is 5.26. The van der Waals surface area contributed by atoms with E-state index in [1.165, 1.54) is 12.1 Å². The van der Waals surface area contributed by atoms with Crippen LogP contribution in [0.4, 0.5) is 10.1 Å². The Morgan fingerprint density at radius 1 is 1.59 bits per heavy atom. The minimum Gasteiger partial charge on any atom is -0.326 e. The largest absolute Gasteiger partial charge is 0.326 e. The van der Waals surface area contributed by atoms with Crippen LogP contribution in [0.1, 0.15) is 13.3 Å². The Morgan fingerprint density at radius 3 is 3.00 bits per heavy atom. The molecule has 0 radical (unpaired) electrons. The van der Waals surface area contributed by atoms with E-state index in [1.54, 1.807) is 18.2 Å². The Balaban J connectivity index is 2.41. The molecule has 0 unspecified atom stereocenters. The quantitative estimate of drug-likeness (QED) is 0.744. The third-order valence-corrected chi connectivity index (χ3v) is 2.21. The summed E-state index contributed by atoms with van der Waals surface area (Å²) < 4.78 is 12.9. The fraction of sp³-hybridized carbons (Fsp3) is 0.308. The van der Waals surface area contributed by atoms with Gasteiger partial charge in [0.1, 0.15) is 5.82 Å². The van der Waals surface area contributed by atoms with Gasteiger partial charge in [0, 0.05) is 24.7 Å². The Hall–Kier alpha value is -1.68. The number of amides is 1. The maximum Gasteiger partial charge on any atom is 0.225 e. The highest BCUT2D eigenvalue weighted by Crippen LogP contribution is 2.09. The number of benzene rings is 1. The molecule has 0 aromatic heterocycles. The van der Waals surface area contributed by atoms with Gasteiger partial charge in [-0.1, -0.05) is 12.1 Å². The first kappa shape index (κ1) is 13.4. The van der Waals surface area contributed by atoms with Crippen LogP contribution in [-0.2, 0) is 4.79 Å². The molecular weight excluding hydrogens is 219 g/mol. The van der Waals surface area contributed by atoms with E-state index in [1.807, 2.05) is 6.92 Å². The summed E-state index contributed by atoms with van der Waals surface area (Å²) in [6, 6.07) is 5.90. The maximum atomic E-state index is 12.9. The molecule has 0 spiro atoms. The van der Waals surface area contributed by atoms with Gasteiger partial charge < -0.3 is 10.6 Å². The molecule has 0 saturated heterocycles. The smallest absolute Gasteiger partial charge is 0.225 e. The van der Waals surface area contributed by atoms with Gasteiger partial charge in [0.2, 0.25) is 5.91 Å². The first-order chi connectivity index (χ1) is 8.11. The van der Waals surface area contributed by atoms with Gasteiger partial charge in [0.15, 0.2) is 0 Å². The van der Waals surface area contributed by atoms with Gasteiger partial charge in [-0.05, 0) is 25.1 Å². The fourth-order valence-corrected chi connectivity index (χ4v) is 1.41. The van der Waals surface area contributed by atoms with E-state index in [4.69, 9.17) is 0 Å². The van der Waals surface area contributed by atoms with E-state index < -0.39 is 0 Å². The van der Waals surface area contributed by atoms with Crippen LogP contribution in [-0.4, -0.2) is 18.5 Å². The second kappa shape index (κ2) is 6.81. The second-order valence-electron chi connectivity index (χ2n) is 3.86. The molecule has 1 rings (SSSR count). The molecule has 0 fully saturated rings. The Kier molecular flexibility index (Phi) is 5.36. The molecule has 4 heteroatoms. The van der Waals surface area contributed by atoms with Crippen molar-refractivity contribution in [2.45, 2.75) is 19.4 Å². The lowest BCUT2D eigenvalue weighted by atomic mass is 10.2. The van der Waals surface area contributed by atoms with Gasteiger partial charge in [0.05, 0.1) is 0 Å². The SMILES string of the molecule is C=CCN[C@H](C)CC(=O)Nc1cccc(F)c1. The van der Waals surface area contributed by atoms with Crippen molar-refractivity contribution in [2.75, 3.05) is 11.9 Å². The summed E-state index contributed by atoms with van der Waals surface area (Å²) in [5, 5.41) is 5.75. The predicted octanol–water partition coefficient (Wildman–Crippen LogP) is 2.32. The minimum absolute atomic E-state index is 0.0570. The normalized spacial score (nSPS) is 11.9. The molecule has 2 N–H and O–H groups in total. The summed E-state index contributed by atoms with van der Waals surface area (Å²) in [4.78, 5) is 11.6. The number of anilines is 1. The van der Waals surface area contributed by atoms with Crippen molar-refractivity contribution in [1.82, 2.24) is 5.32 Å². The van der Waals surface area contributed by atoms with E-state index in [-0.39, 0.29) is 17.8 Å². The van der Waals surface area contributed by atoms with Crippen molar-refractivity contribution < 1.29 is 9.18 Å². The number of rotatable bonds is 6. The monoisotopic (exact) mass is 236 g/mol. The van der Waals surface area contributed by atoms with Crippen molar-refractivity contribution >= 4 is 11.6 Å². The highest BCUT2D eigenvalue weighted by molar-refractivity contribution is 5.91.